The van der Waals surface area contributed by atoms with Gasteiger partial charge < -0.3 is 10.1 Å². The molecule has 0 radical (unpaired) electrons. The maximum atomic E-state index is 12.1. The first-order valence-corrected chi connectivity index (χ1v) is 8.38. The van der Waals surface area contributed by atoms with Crippen LogP contribution in [0, 0.1) is 0 Å². The number of anilines is 1. The number of carbonyl (C=O) groups excluding carboxylic acids is 2. The van der Waals surface area contributed by atoms with E-state index in [0.29, 0.717) is 11.3 Å². The minimum atomic E-state index is -0.959. The second-order valence-electron chi connectivity index (χ2n) is 4.61. The lowest BCUT2D eigenvalue weighted by atomic mass is 10.2. The van der Waals surface area contributed by atoms with E-state index in [2.05, 4.69) is 10.3 Å². The van der Waals surface area contributed by atoms with Gasteiger partial charge in [0.25, 0.3) is 5.91 Å². The summed E-state index contributed by atoms with van der Waals surface area (Å²) in [6.07, 6.45) is 2.50. The number of amides is 1. The first-order valence-electron chi connectivity index (χ1n) is 6.77. The molecule has 0 saturated heterocycles. The van der Waals surface area contributed by atoms with Crippen molar-refractivity contribution in [3.8, 4) is 0 Å². The molecule has 0 aliphatic heterocycles. The van der Waals surface area contributed by atoms with Crippen LogP contribution in [0.25, 0.3) is 0 Å². The molecule has 1 aromatic heterocycles. The predicted octanol–water partition coefficient (Wildman–Crippen LogP) is 3.64. The molecule has 0 fully saturated rings. The summed E-state index contributed by atoms with van der Waals surface area (Å²) in [6, 6.07) is 10.2. The fraction of sp³-hybridized carbons (Fsp3) is 0.188. The Morgan fingerprint density at radius 1 is 1.26 bits per heavy atom. The molecule has 0 aliphatic carbocycles. The van der Waals surface area contributed by atoms with E-state index in [0.717, 1.165) is 4.90 Å². The number of benzene rings is 1. The summed E-state index contributed by atoms with van der Waals surface area (Å²) in [5.41, 5.74) is 0.758. The Morgan fingerprint density at radius 3 is 2.57 bits per heavy atom. The molecule has 0 bridgehead atoms. The largest absolute Gasteiger partial charge is 0.449 e. The molecule has 2 aromatic rings. The van der Waals surface area contributed by atoms with Gasteiger partial charge in [-0.3, -0.25) is 4.79 Å². The Labute approximate surface area is 143 Å². The topological polar surface area (TPSA) is 68.3 Å². The average Bonchev–Trinajstić information content (AvgIpc) is 2.56. The first-order chi connectivity index (χ1) is 11.0. The number of ether oxygens (including phenoxy) is 1. The zero-order valence-corrected chi connectivity index (χ0v) is 14.1. The zero-order valence-electron chi connectivity index (χ0n) is 12.6. The highest BCUT2D eigenvalue weighted by molar-refractivity contribution is 7.98. The first kappa shape index (κ1) is 17.3. The van der Waals surface area contributed by atoms with E-state index in [-0.39, 0.29) is 5.15 Å². The predicted molar refractivity (Wildman–Crippen MR) is 91.0 cm³/mol. The highest BCUT2D eigenvalue weighted by Gasteiger charge is 2.19. The number of rotatable bonds is 5. The van der Waals surface area contributed by atoms with E-state index in [1.54, 1.807) is 36.0 Å². The van der Waals surface area contributed by atoms with Gasteiger partial charge in [-0.2, -0.15) is 0 Å². The van der Waals surface area contributed by atoms with Gasteiger partial charge in [-0.05, 0) is 49.6 Å². The molecule has 5 nitrogen and oxygen atoms in total. The molecule has 1 heterocycles. The van der Waals surface area contributed by atoms with E-state index < -0.39 is 18.0 Å². The van der Waals surface area contributed by atoms with Gasteiger partial charge in [0.1, 0.15) is 0 Å². The number of aromatic nitrogens is 1. The van der Waals surface area contributed by atoms with Crippen molar-refractivity contribution in [1.82, 2.24) is 4.98 Å². The molecule has 120 valence electrons. The number of nitrogens with zero attached hydrogens (tertiary/aromatic N) is 1. The molecular formula is C16H15ClN2O3S. The van der Waals surface area contributed by atoms with Crippen LogP contribution in [0.4, 0.5) is 5.69 Å². The SMILES string of the molecule is CSc1ccc(C(=O)O[C@H](C)C(=O)Nc2cccnc2Cl)cc1. The molecule has 0 saturated carbocycles. The third-order valence-corrected chi connectivity index (χ3v) is 4.04. The fourth-order valence-electron chi connectivity index (χ4n) is 1.72. The van der Waals surface area contributed by atoms with E-state index in [9.17, 15) is 9.59 Å². The molecule has 1 aromatic carbocycles. The van der Waals surface area contributed by atoms with Crippen LogP contribution >= 0.6 is 23.4 Å². The molecule has 1 atom stereocenters. The summed E-state index contributed by atoms with van der Waals surface area (Å²) >= 11 is 7.44. The third-order valence-electron chi connectivity index (χ3n) is 3.00. The standard InChI is InChI=1S/C16H15ClN2O3S/c1-10(15(20)19-13-4-3-9-18-14(13)17)22-16(21)11-5-7-12(23-2)8-6-11/h3-10H,1-2H3,(H,19,20)/t10-/m1/s1. The number of pyridine rings is 1. The van der Waals surface area contributed by atoms with Crippen LogP contribution in [0.15, 0.2) is 47.5 Å². The summed E-state index contributed by atoms with van der Waals surface area (Å²) in [6.45, 7) is 1.49. The molecule has 0 spiro atoms. The third kappa shape index (κ3) is 4.71. The summed E-state index contributed by atoms with van der Waals surface area (Å²) in [4.78, 5) is 29.0. The number of esters is 1. The zero-order chi connectivity index (χ0) is 16.8. The van der Waals surface area contributed by atoms with E-state index in [4.69, 9.17) is 16.3 Å². The Kier molecular flexibility index (Phi) is 6.01. The normalized spacial score (nSPS) is 11.6. The Bertz CT molecular complexity index is 707. The fourth-order valence-corrected chi connectivity index (χ4v) is 2.30. The summed E-state index contributed by atoms with van der Waals surface area (Å²) in [5, 5.41) is 2.74. The molecule has 0 aliphatic rings. The smallest absolute Gasteiger partial charge is 0.338 e. The van der Waals surface area contributed by atoms with E-state index in [1.807, 2.05) is 18.4 Å². The van der Waals surface area contributed by atoms with Crippen molar-refractivity contribution in [2.75, 3.05) is 11.6 Å². The Balaban J connectivity index is 1.97. The Hall–Kier alpha value is -2.05. The van der Waals surface area contributed by atoms with Gasteiger partial charge in [0.15, 0.2) is 11.3 Å². The monoisotopic (exact) mass is 350 g/mol. The Morgan fingerprint density at radius 2 is 1.96 bits per heavy atom. The second-order valence-corrected chi connectivity index (χ2v) is 5.84. The molecule has 2 rings (SSSR count). The van der Waals surface area contributed by atoms with Gasteiger partial charge in [-0.15, -0.1) is 11.8 Å². The van der Waals surface area contributed by atoms with E-state index in [1.165, 1.54) is 13.1 Å². The van der Waals surface area contributed by atoms with Crippen LogP contribution in [-0.2, 0) is 9.53 Å². The number of nitrogens with one attached hydrogen (secondary N) is 1. The van der Waals surface area contributed by atoms with Crippen LogP contribution < -0.4 is 5.32 Å². The molecule has 0 unspecified atom stereocenters. The number of thioether (sulfide) groups is 1. The minimum Gasteiger partial charge on any atom is -0.449 e. The van der Waals surface area contributed by atoms with Crippen LogP contribution in [0.5, 0.6) is 0 Å². The van der Waals surface area contributed by atoms with Crippen molar-refractivity contribution in [3.05, 3.63) is 53.3 Å². The van der Waals surface area contributed by atoms with Crippen LogP contribution in [-0.4, -0.2) is 29.2 Å². The molecular weight excluding hydrogens is 336 g/mol. The van der Waals surface area contributed by atoms with Gasteiger partial charge in [0.05, 0.1) is 11.3 Å². The van der Waals surface area contributed by atoms with Gasteiger partial charge in [-0.25, -0.2) is 9.78 Å². The molecule has 1 N–H and O–H groups in total. The molecule has 23 heavy (non-hydrogen) atoms. The van der Waals surface area contributed by atoms with Crippen LogP contribution in [0.2, 0.25) is 5.15 Å². The van der Waals surface area contributed by atoms with Gasteiger partial charge in [0, 0.05) is 11.1 Å². The minimum absolute atomic E-state index is 0.173. The molecule has 7 heteroatoms. The van der Waals surface area contributed by atoms with Gasteiger partial charge in [0.2, 0.25) is 0 Å². The number of hydrogen-bond acceptors (Lipinski definition) is 5. The lowest BCUT2D eigenvalue weighted by Crippen LogP contribution is -2.30. The highest BCUT2D eigenvalue weighted by Crippen LogP contribution is 2.18. The summed E-state index contributed by atoms with van der Waals surface area (Å²) in [7, 11) is 0. The van der Waals surface area contributed by atoms with Crippen molar-refractivity contribution < 1.29 is 14.3 Å². The van der Waals surface area contributed by atoms with Gasteiger partial charge >= 0.3 is 5.97 Å². The van der Waals surface area contributed by atoms with Crippen molar-refractivity contribution in [2.24, 2.45) is 0 Å². The lowest BCUT2D eigenvalue weighted by Gasteiger charge is -2.14. The number of carbonyl (C=O) groups is 2. The van der Waals surface area contributed by atoms with Crippen molar-refractivity contribution >= 4 is 40.9 Å². The quantitative estimate of drug-likeness (QED) is 0.506. The highest BCUT2D eigenvalue weighted by atomic mass is 35.5. The van der Waals surface area contributed by atoms with Crippen LogP contribution in [0.1, 0.15) is 17.3 Å². The van der Waals surface area contributed by atoms with Crippen LogP contribution in [0.3, 0.4) is 0 Å². The number of hydrogen-bond donors (Lipinski definition) is 1. The lowest BCUT2D eigenvalue weighted by molar-refractivity contribution is -0.123. The maximum Gasteiger partial charge on any atom is 0.338 e. The van der Waals surface area contributed by atoms with Crippen molar-refractivity contribution in [3.63, 3.8) is 0 Å². The van der Waals surface area contributed by atoms with Crippen molar-refractivity contribution in [1.29, 1.82) is 0 Å². The van der Waals surface area contributed by atoms with Crippen molar-refractivity contribution in [2.45, 2.75) is 17.9 Å². The second kappa shape index (κ2) is 7.99. The number of halogens is 1. The molecule has 1 amide bonds. The van der Waals surface area contributed by atoms with Gasteiger partial charge in [-0.1, -0.05) is 11.6 Å². The van der Waals surface area contributed by atoms with E-state index >= 15 is 0 Å². The maximum absolute atomic E-state index is 12.1. The average molecular weight is 351 g/mol. The summed E-state index contributed by atoms with van der Waals surface area (Å²) in [5.74, 6) is -1.04. The summed E-state index contributed by atoms with van der Waals surface area (Å²) < 4.78 is 5.16.